The Morgan fingerprint density at radius 3 is 2.35 bits per heavy atom. The van der Waals surface area contributed by atoms with Gasteiger partial charge in [0.25, 0.3) is 0 Å². The Morgan fingerprint density at radius 1 is 1.30 bits per heavy atom. The molecule has 1 saturated heterocycles. The van der Waals surface area contributed by atoms with Crippen molar-refractivity contribution < 1.29 is 9.53 Å². The van der Waals surface area contributed by atoms with Crippen LogP contribution in [0.25, 0.3) is 0 Å². The van der Waals surface area contributed by atoms with E-state index in [2.05, 4.69) is 24.1 Å². The van der Waals surface area contributed by atoms with Crippen molar-refractivity contribution in [2.75, 3.05) is 26.7 Å². The van der Waals surface area contributed by atoms with Gasteiger partial charge >= 0.3 is 5.97 Å². The molecule has 1 saturated carbocycles. The first kappa shape index (κ1) is 15.8. The van der Waals surface area contributed by atoms with Crippen LogP contribution in [0.3, 0.4) is 0 Å². The highest BCUT2D eigenvalue weighted by atomic mass is 16.5. The minimum Gasteiger partial charge on any atom is -0.468 e. The molecule has 2 fully saturated rings. The van der Waals surface area contributed by atoms with Crippen molar-refractivity contribution in [3.05, 3.63) is 0 Å². The lowest BCUT2D eigenvalue weighted by molar-refractivity contribution is -0.143. The number of piperidine rings is 1. The summed E-state index contributed by atoms with van der Waals surface area (Å²) in [7, 11) is 1.49. The van der Waals surface area contributed by atoms with Crippen LogP contribution in [0.5, 0.6) is 0 Å². The van der Waals surface area contributed by atoms with Gasteiger partial charge in [-0.1, -0.05) is 26.7 Å². The Hall–Kier alpha value is -0.610. The number of nitrogens with zero attached hydrogens (tertiary/aromatic N) is 1. The Bertz CT molecular complexity index is 314. The van der Waals surface area contributed by atoms with Crippen molar-refractivity contribution in [3.63, 3.8) is 0 Å². The summed E-state index contributed by atoms with van der Waals surface area (Å²) in [4.78, 5) is 14.3. The summed E-state index contributed by atoms with van der Waals surface area (Å²) in [5.74, 6) is -0.111. The Kier molecular flexibility index (Phi) is 5.44. The summed E-state index contributed by atoms with van der Waals surface area (Å²) in [6, 6.07) is 0.387. The molecule has 0 aromatic carbocycles. The van der Waals surface area contributed by atoms with Crippen molar-refractivity contribution in [3.8, 4) is 0 Å². The average Bonchev–Trinajstić information content (AvgIpc) is 3.31. The topological polar surface area (TPSA) is 41.6 Å². The van der Waals surface area contributed by atoms with E-state index in [1.165, 1.54) is 45.6 Å². The molecule has 0 bridgehead atoms. The van der Waals surface area contributed by atoms with Gasteiger partial charge in [0.05, 0.1) is 7.11 Å². The number of esters is 1. The molecule has 4 nitrogen and oxygen atoms in total. The standard InChI is InChI=1S/C16H30N2O2/c1-4-16(5-2)8-10-18(11-9-16)12-14(15(19)20-3)17-13-6-7-13/h13-14,17H,4-12H2,1-3H3. The van der Waals surface area contributed by atoms with Gasteiger partial charge in [-0.3, -0.25) is 4.79 Å². The molecule has 1 atom stereocenters. The van der Waals surface area contributed by atoms with Crippen LogP contribution in [-0.2, 0) is 9.53 Å². The molecule has 20 heavy (non-hydrogen) atoms. The first-order valence-electron chi connectivity index (χ1n) is 8.18. The third kappa shape index (κ3) is 3.95. The number of ether oxygens (including phenoxy) is 1. The van der Waals surface area contributed by atoms with Gasteiger partial charge in [-0.05, 0) is 44.2 Å². The van der Waals surface area contributed by atoms with Gasteiger partial charge < -0.3 is 15.0 Å². The minimum atomic E-state index is -0.150. The molecular weight excluding hydrogens is 252 g/mol. The fraction of sp³-hybridized carbons (Fsp3) is 0.938. The van der Waals surface area contributed by atoms with Crippen molar-refractivity contribution in [1.29, 1.82) is 0 Å². The summed E-state index contributed by atoms with van der Waals surface area (Å²) in [6.45, 7) is 7.64. The molecule has 1 aliphatic carbocycles. The molecule has 2 aliphatic rings. The maximum Gasteiger partial charge on any atom is 0.324 e. The zero-order chi connectivity index (χ0) is 14.6. The summed E-state index contributed by atoms with van der Waals surface area (Å²) < 4.78 is 4.94. The number of hydrogen-bond acceptors (Lipinski definition) is 4. The Balaban J connectivity index is 1.83. The third-order valence-corrected chi connectivity index (χ3v) is 5.36. The van der Waals surface area contributed by atoms with E-state index >= 15 is 0 Å². The normalized spacial score (nSPS) is 24.4. The smallest absolute Gasteiger partial charge is 0.324 e. The number of methoxy groups -OCH3 is 1. The third-order valence-electron chi connectivity index (χ3n) is 5.36. The second-order valence-corrected chi connectivity index (χ2v) is 6.52. The van der Waals surface area contributed by atoms with E-state index in [1.54, 1.807) is 0 Å². The number of likely N-dealkylation sites (tertiary alicyclic amines) is 1. The molecule has 1 N–H and O–H groups in total. The number of nitrogens with one attached hydrogen (secondary N) is 1. The van der Waals surface area contributed by atoms with Crippen LogP contribution in [0.15, 0.2) is 0 Å². The quantitative estimate of drug-likeness (QED) is 0.727. The molecule has 0 amide bonds. The number of rotatable bonds is 7. The summed E-state index contributed by atoms with van der Waals surface area (Å²) in [5, 5.41) is 3.42. The van der Waals surface area contributed by atoms with Gasteiger partial charge in [-0.15, -0.1) is 0 Å². The highest BCUT2D eigenvalue weighted by Crippen LogP contribution is 2.37. The van der Waals surface area contributed by atoms with Gasteiger partial charge in [0.1, 0.15) is 6.04 Å². The highest BCUT2D eigenvalue weighted by Gasteiger charge is 2.34. The molecule has 1 aliphatic heterocycles. The molecule has 116 valence electrons. The van der Waals surface area contributed by atoms with Crippen LogP contribution in [-0.4, -0.2) is 49.7 Å². The van der Waals surface area contributed by atoms with E-state index in [4.69, 9.17) is 4.74 Å². The first-order valence-corrected chi connectivity index (χ1v) is 8.18. The lowest BCUT2D eigenvalue weighted by Crippen LogP contribution is -2.50. The first-order chi connectivity index (χ1) is 9.62. The molecule has 0 aromatic rings. The van der Waals surface area contributed by atoms with E-state index in [9.17, 15) is 4.79 Å². The SMILES string of the molecule is CCC1(CC)CCN(CC(NC2CC2)C(=O)OC)CC1. The lowest BCUT2D eigenvalue weighted by atomic mass is 9.74. The van der Waals surface area contributed by atoms with Crippen molar-refractivity contribution in [2.24, 2.45) is 5.41 Å². The largest absolute Gasteiger partial charge is 0.468 e. The maximum atomic E-state index is 11.9. The van der Waals surface area contributed by atoms with Crippen LogP contribution in [0.2, 0.25) is 0 Å². The number of carbonyl (C=O) groups is 1. The second kappa shape index (κ2) is 6.90. The fourth-order valence-corrected chi connectivity index (χ4v) is 3.30. The predicted octanol–water partition coefficient (Wildman–Crippen LogP) is 2.18. The molecule has 0 radical (unpaired) electrons. The Morgan fingerprint density at radius 2 is 1.90 bits per heavy atom. The molecule has 4 heteroatoms. The highest BCUT2D eigenvalue weighted by molar-refractivity contribution is 5.76. The zero-order valence-electron chi connectivity index (χ0n) is 13.3. The lowest BCUT2D eigenvalue weighted by Gasteiger charge is -2.41. The summed E-state index contributed by atoms with van der Waals surface area (Å²) in [6.07, 6.45) is 7.47. The minimum absolute atomic E-state index is 0.111. The summed E-state index contributed by atoms with van der Waals surface area (Å²) >= 11 is 0. The van der Waals surface area contributed by atoms with Gasteiger partial charge in [-0.2, -0.15) is 0 Å². The monoisotopic (exact) mass is 282 g/mol. The average molecular weight is 282 g/mol. The van der Waals surface area contributed by atoms with Gasteiger partial charge in [0, 0.05) is 12.6 Å². The van der Waals surface area contributed by atoms with Crippen LogP contribution in [0.1, 0.15) is 52.4 Å². The van der Waals surface area contributed by atoms with Crippen LogP contribution < -0.4 is 5.32 Å². The van der Waals surface area contributed by atoms with Crippen LogP contribution in [0, 0.1) is 5.41 Å². The maximum absolute atomic E-state index is 11.9. The second-order valence-electron chi connectivity index (χ2n) is 6.52. The Labute approximate surface area is 123 Å². The van der Waals surface area contributed by atoms with Gasteiger partial charge in [0.2, 0.25) is 0 Å². The molecule has 2 rings (SSSR count). The van der Waals surface area contributed by atoms with Crippen LogP contribution >= 0.6 is 0 Å². The molecular formula is C16H30N2O2. The number of hydrogen-bond donors (Lipinski definition) is 1. The van der Waals surface area contributed by atoms with E-state index in [1.807, 2.05) is 0 Å². The van der Waals surface area contributed by atoms with Gasteiger partial charge in [0.15, 0.2) is 0 Å². The molecule has 0 spiro atoms. The van der Waals surface area contributed by atoms with E-state index < -0.39 is 0 Å². The van der Waals surface area contributed by atoms with E-state index in [0.717, 1.165) is 19.6 Å². The molecule has 1 heterocycles. The zero-order valence-corrected chi connectivity index (χ0v) is 13.3. The molecule has 1 unspecified atom stereocenters. The van der Waals surface area contributed by atoms with Crippen LogP contribution in [0.4, 0.5) is 0 Å². The van der Waals surface area contributed by atoms with Gasteiger partial charge in [-0.25, -0.2) is 0 Å². The fourth-order valence-electron chi connectivity index (χ4n) is 3.30. The van der Waals surface area contributed by atoms with Crippen molar-refractivity contribution in [1.82, 2.24) is 10.2 Å². The van der Waals surface area contributed by atoms with E-state index in [-0.39, 0.29) is 12.0 Å². The molecule has 0 aromatic heterocycles. The van der Waals surface area contributed by atoms with Crippen molar-refractivity contribution >= 4 is 5.97 Å². The van der Waals surface area contributed by atoms with E-state index in [0.29, 0.717) is 11.5 Å². The van der Waals surface area contributed by atoms with Crippen molar-refractivity contribution in [2.45, 2.75) is 64.5 Å². The predicted molar refractivity (Wildman–Crippen MR) is 80.7 cm³/mol. The number of carbonyl (C=O) groups excluding carboxylic acids is 1. The summed E-state index contributed by atoms with van der Waals surface area (Å²) in [5.41, 5.74) is 0.543.